The number of nitrogens with zero attached hydrogens (tertiary/aromatic N) is 1. The third-order valence-corrected chi connectivity index (χ3v) is 1.34. The van der Waals surface area contributed by atoms with Gasteiger partial charge in [0.2, 0.25) is 0 Å². The van der Waals surface area contributed by atoms with E-state index in [-0.39, 0.29) is 0 Å². The molecular weight excluding hydrogens is 150 g/mol. The van der Waals surface area contributed by atoms with Crippen molar-refractivity contribution in [3.8, 4) is 0 Å². The van der Waals surface area contributed by atoms with Gasteiger partial charge in [-0.3, -0.25) is 0 Å². The first-order valence-electron chi connectivity index (χ1n) is 2.84. The molecule has 0 atom stereocenters. The first-order chi connectivity index (χ1) is 4.74. The Morgan fingerprint density at radius 2 is 2.30 bits per heavy atom. The molecule has 0 bridgehead atoms. The number of nitrogens with two attached hydrogens (primary N) is 1. The summed E-state index contributed by atoms with van der Waals surface area (Å²) in [5, 5.41) is 3.26. The van der Waals surface area contributed by atoms with Crippen LogP contribution in [0.2, 0.25) is 5.15 Å². The Kier molecular flexibility index (Phi) is 1.97. The standard InChI is InChI=1S/C6H8ClN3/c1-9-6-4(8)2-3-5(7)10-6/h2-3H,8H2,1H3,(H,9,10). The molecule has 1 aromatic rings. The predicted octanol–water partition coefficient (Wildman–Crippen LogP) is 1.36. The highest BCUT2D eigenvalue weighted by Gasteiger charge is 1.96. The van der Waals surface area contributed by atoms with Gasteiger partial charge >= 0.3 is 0 Å². The summed E-state index contributed by atoms with van der Waals surface area (Å²) in [5.74, 6) is 0.618. The van der Waals surface area contributed by atoms with Crippen molar-refractivity contribution in [1.82, 2.24) is 4.98 Å². The molecule has 0 aliphatic rings. The highest BCUT2D eigenvalue weighted by Crippen LogP contribution is 2.16. The molecule has 0 unspecified atom stereocenters. The van der Waals surface area contributed by atoms with Crippen molar-refractivity contribution in [2.24, 2.45) is 0 Å². The highest BCUT2D eigenvalue weighted by molar-refractivity contribution is 6.29. The van der Waals surface area contributed by atoms with E-state index >= 15 is 0 Å². The van der Waals surface area contributed by atoms with Crippen LogP contribution in [-0.2, 0) is 0 Å². The second kappa shape index (κ2) is 2.75. The number of hydrogen-bond donors (Lipinski definition) is 2. The van der Waals surface area contributed by atoms with Crippen LogP contribution in [0.25, 0.3) is 0 Å². The van der Waals surface area contributed by atoms with Gasteiger partial charge in [-0.15, -0.1) is 0 Å². The number of rotatable bonds is 1. The lowest BCUT2D eigenvalue weighted by Gasteiger charge is -2.01. The van der Waals surface area contributed by atoms with Crippen LogP contribution >= 0.6 is 11.6 Å². The summed E-state index contributed by atoms with van der Waals surface area (Å²) in [5.41, 5.74) is 6.12. The van der Waals surface area contributed by atoms with Gasteiger partial charge in [0.25, 0.3) is 0 Å². The van der Waals surface area contributed by atoms with Crippen molar-refractivity contribution >= 4 is 23.1 Å². The minimum absolute atomic E-state index is 0.443. The fourth-order valence-electron chi connectivity index (χ4n) is 0.646. The van der Waals surface area contributed by atoms with Gasteiger partial charge in [-0.1, -0.05) is 11.6 Å². The average Bonchev–Trinajstić information content (AvgIpc) is 1.94. The Morgan fingerprint density at radius 3 is 2.80 bits per heavy atom. The molecule has 0 aromatic carbocycles. The van der Waals surface area contributed by atoms with Gasteiger partial charge in [-0.25, -0.2) is 4.98 Å². The van der Waals surface area contributed by atoms with E-state index in [4.69, 9.17) is 17.3 Å². The summed E-state index contributed by atoms with van der Waals surface area (Å²) in [6, 6.07) is 3.36. The fourth-order valence-corrected chi connectivity index (χ4v) is 0.794. The molecule has 4 heteroatoms. The zero-order valence-electron chi connectivity index (χ0n) is 5.56. The van der Waals surface area contributed by atoms with Crippen molar-refractivity contribution in [2.45, 2.75) is 0 Å². The van der Waals surface area contributed by atoms with Crippen LogP contribution in [-0.4, -0.2) is 12.0 Å². The lowest BCUT2D eigenvalue weighted by molar-refractivity contribution is 1.29. The molecule has 0 fully saturated rings. The Morgan fingerprint density at radius 1 is 1.60 bits per heavy atom. The van der Waals surface area contributed by atoms with E-state index < -0.39 is 0 Å². The smallest absolute Gasteiger partial charge is 0.150 e. The second-order valence-electron chi connectivity index (χ2n) is 1.82. The Balaban J connectivity index is 3.09. The van der Waals surface area contributed by atoms with Crippen LogP contribution in [0, 0.1) is 0 Å². The average molecular weight is 158 g/mol. The van der Waals surface area contributed by atoms with Gasteiger partial charge in [-0.05, 0) is 12.1 Å². The third-order valence-electron chi connectivity index (χ3n) is 1.13. The Hall–Kier alpha value is -0.960. The zero-order valence-corrected chi connectivity index (χ0v) is 6.31. The van der Waals surface area contributed by atoms with Gasteiger partial charge in [0.15, 0.2) is 5.82 Å². The van der Waals surface area contributed by atoms with E-state index in [1.54, 1.807) is 19.2 Å². The number of anilines is 2. The minimum atomic E-state index is 0.443. The molecule has 1 heterocycles. The van der Waals surface area contributed by atoms with E-state index in [1.165, 1.54) is 0 Å². The van der Waals surface area contributed by atoms with Gasteiger partial charge in [0.05, 0.1) is 5.69 Å². The largest absolute Gasteiger partial charge is 0.396 e. The topological polar surface area (TPSA) is 50.9 Å². The van der Waals surface area contributed by atoms with Crippen LogP contribution in [0.5, 0.6) is 0 Å². The van der Waals surface area contributed by atoms with Gasteiger partial charge in [0.1, 0.15) is 5.15 Å². The van der Waals surface area contributed by atoms with E-state index in [1.807, 2.05) is 0 Å². The number of aromatic nitrogens is 1. The van der Waals surface area contributed by atoms with Crippen molar-refractivity contribution < 1.29 is 0 Å². The van der Waals surface area contributed by atoms with Gasteiger partial charge in [0, 0.05) is 7.05 Å². The summed E-state index contributed by atoms with van der Waals surface area (Å²) in [4.78, 5) is 3.92. The highest BCUT2D eigenvalue weighted by atomic mass is 35.5. The lowest BCUT2D eigenvalue weighted by Crippen LogP contribution is -1.97. The van der Waals surface area contributed by atoms with E-state index in [0.29, 0.717) is 16.7 Å². The van der Waals surface area contributed by atoms with Crippen LogP contribution in [0.3, 0.4) is 0 Å². The lowest BCUT2D eigenvalue weighted by atomic mass is 10.4. The quantitative estimate of drug-likeness (QED) is 0.606. The normalized spacial score (nSPS) is 9.40. The molecular formula is C6H8ClN3. The maximum atomic E-state index is 5.59. The summed E-state index contributed by atoms with van der Waals surface area (Å²) in [6.07, 6.45) is 0. The minimum Gasteiger partial charge on any atom is -0.396 e. The monoisotopic (exact) mass is 157 g/mol. The molecule has 0 spiro atoms. The fraction of sp³-hybridized carbons (Fsp3) is 0.167. The predicted molar refractivity (Wildman–Crippen MR) is 43.2 cm³/mol. The molecule has 0 aliphatic heterocycles. The van der Waals surface area contributed by atoms with Crippen molar-refractivity contribution in [3.05, 3.63) is 17.3 Å². The zero-order chi connectivity index (χ0) is 7.56. The second-order valence-corrected chi connectivity index (χ2v) is 2.21. The molecule has 0 aliphatic carbocycles. The van der Waals surface area contributed by atoms with Gasteiger partial charge < -0.3 is 11.1 Å². The van der Waals surface area contributed by atoms with Crippen molar-refractivity contribution in [3.63, 3.8) is 0 Å². The maximum absolute atomic E-state index is 5.59. The molecule has 0 saturated heterocycles. The summed E-state index contributed by atoms with van der Waals surface area (Å²) < 4.78 is 0. The molecule has 10 heavy (non-hydrogen) atoms. The Bertz CT molecular complexity index is 236. The molecule has 0 saturated carbocycles. The van der Waals surface area contributed by atoms with Gasteiger partial charge in [-0.2, -0.15) is 0 Å². The van der Waals surface area contributed by atoms with Crippen molar-refractivity contribution in [1.29, 1.82) is 0 Å². The van der Waals surface area contributed by atoms with Crippen LogP contribution in [0.15, 0.2) is 12.1 Å². The first kappa shape index (κ1) is 7.15. The van der Waals surface area contributed by atoms with E-state index in [9.17, 15) is 0 Å². The molecule has 0 radical (unpaired) electrons. The third kappa shape index (κ3) is 1.30. The van der Waals surface area contributed by atoms with Crippen LogP contribution in [0.4, 0.5) is 11.5 Å². The Labute approximate surface area is 64.2 Å². The van der Waals surface area contributed by atoms with Crippen LogP contribution in [0.1, 0.15) is 0 Å². The molecule has 3 nitrogen and oxygen atoms in total. The maximum Gasteiger partial charge on any atom is 0.150 e. The molecule has 54 valence electrons. The van der Waals surface area contributed by atoms with E-state index in [0.717, 1.165) is 0 Å². The number of nitrogens with one attached hydrogen (secondary N) is 1. The molecule has 1 rings (SSSR count). The SMILES string of the molecule is CNc1nc(Cl)ccc1N. The number of halogens is 1. The van der Waals surface area contributed by atoms with Crippen LogP contribution < -0.4 is 11.1 Å². The molecule has 1 aromatic heterocycles. The molecule has 3 N–H and O–H groups in total. The summed E-state index contributed by atoms with van der Waals surface area (Å²) in [7, 11) is 1.75. The first-order valence-corrected chi connectivity index (χ1v) is 3.21. The van der Waals surface area contributed by atoms with Crippen molar-refractivity contribution in [2.75, 3.05) is 18.1 Å². The van der Waals surface area contributed by atoms with E-state index in [2.05, 4.69) is 10.3 Å². The molecule has 0 amide bonds. The number of pyridine rings is 1. The number of nitrogen functional groups attached to an aromatic ring is 1. The summed E-state index contributed by atoms with van der Waals surface area (Å²) >= 11 is 5.59. The number of hydrogen-bond acceptors (Lipinski definition) is 3. The summed E-state index contributed by atoms with van der Waals surface area (Å²) in [6.45, 7) is 0.